The second-order valence-corrected chi connectivity index (χ2v) is 10.6. The Morgan fingerprint density at radius 1 is 1.05 bits per heavy atom. The smallest absolute Gasteiger partial charge is 0.408 e. The van der Waals surface area contributed by atoms with Crippen LogP contribution < -0.4 is 10.6 Å². The summed E-state index contributed by atoms with van der Waals surface area (Å²) in [5, 5.41) is 15.0. The number of esters is 1. The maximum absolute atomic E-state index is 14.3. The van der Waals surface area contributed by atoms with Crippen LogP contribution in [0.3, 0.4) is 0 Å². The molecular weight excluding hydrogens is 514 g/mol. The highest BCUT2D eigenvalue weighted by Gasteiger charge is 2.36. The van der Waals surface area contributed by atoms with E-state index in [9.17, 15) is 24.3 Å². The molecule has 2 atom stereocenters. The Balaban J connectivity index is 2.54. The second kappa shape index (κ2) is 14.9. The van der Waals surface area contributed by atoms with E-state index in [1.807, 2.05) is 26.0 Å². The zero-order valence-corrected chi connectivity index (χ0v) is 24.2. The lowest BCUT2D eigenvalue weighted by atomic mass is 9.98. The van der Waals surface area contributed by atoms with Gasteiger partial charge in [-0.25, -0.2) is 4.79 Å². The summed E-state index contributed by atoms with van der Waals surface area (Å²) in [5.74, 6) is -1.61. The first-order valence-corrected chi connectivity index (χ1v) is 13.3. The molecule has 0 aliphatic carbocycles. The predicted octanol–water partition coefficient (Wildman–Crippen LogP) is 3.80. The molecule has 2 aromatic rings. The number of alkyl carbamates (subject to hydrolysis) is 1. The number of unbranched alkanes of at least 4 members (excludes halogenated alkanes) is 1. The van der Waals surface area contributed by atoms with Crippen molar-refractivity contribution in [2.75, 3.05) is 20.2 Å². The predicted molar refractivity (Wildman–Crippen MR) is 151 cm³/mol. The maximum atomic E-state index is 14.3. The van der Waals surface area contributed by atoms with Crippen LogP contribution in [0.1, 0.15) is 63.3 Å². The molecule has 218 valence electrons. The molecule has 0 aliphatic rings. The van der Waals surface area contributed by atoms with E-state index in [0.29, 0.717) is 17.5 Å². The number of methoxy groups -OCH3 is 1. The molecule has 2 unspecified atom stereocenters. The zero-order valence-electron chi connectivity index (χ0n) is 24.2. The number of phenols is 1. The van der Waals surface area contributed by atoms with Gasteiger partial charge in [-0.15, -0.1) is 0 Å². The summed E-state index contributed by atoms with van der Waals surface area (Å²) < 4.78 is 10.1. The first-order valence-electron chi connectivity index (χ1n) is 13.3. The minimum atomic E-state index is -1.09. The molecule has 0 radical (unpaired) electrons. The number of aryl methyl sites for hydroxylation is 1. The lowest BCUT2D eigenvalue weighted by Crippen LogP contribution is -2.54. The monoisotopic (exact) mass is 555 g/mol. The van der Waals surface area contributed by atoms with Gasteiger partial charge in [-0.05, 0) is 57.4 Å². The number of phenolic OH excluding ortho intramolecular Hbond substituents is 1. The van der Waals surface area contributed by atoms with Gasteiger partial charge in [-0.2, -0.15) is 0 Å². The number of nitrogens with zero attached hydrogens (tertiary/aromatic N) is 1. The Morgan fingerprint density at radius 2 is 1.73 bits per heavy atom. The van der Waals surface area contributed by atoms with Gasteiger partial charge in [0.1, 0.15) is 30.0 Å². The van der Waals surface area contributed by atoms with Crippen LogP contribution in [0.15, 0.2) is 48.5 Å². The second-order valence-electron chi connectivity index (χ2n) is 10.6. The fourth-order valence-electron chi connectivity index (χ4n) is 4.05. The molecule has 2 aromatic carbocycles. The standard InChI is InChI=1S/C30H41N3O7/c1-7-8-16-33(26(22-11-9-10-20(2)17-22)27(36)31-19-25(35)39-6)28(37)24(32-29(38)40-30(3,4)5)18-21-12-14-23(34)15-13-21/h9-15,17,24,26,34H,7-8,16,18-19H2,1-6H3,(H,31,36)(H,32,38). The molecule has 0 saturated carbocycles. The SMILES string of the molecule is CCCCN(C(=O)C(Cc1ccc(O)cc1)NC(=O)OC(C)(C)C)C(C(=O)NCC(=O)OC)c1cccc(C)c1. The maximum Gasteiger partial charge on any atom is 0.408 e. The third kappa shape index (κ3) is 10.2. The minimum absolute atomic E-state index is 0.0677. The van der Waals surface area contributed by atoms with Crippen LogP contribution in [0, 0.1) is 6.92 Å². The van der Waals surface area contributed by atoms with Gasteiger partial charge in [-0.3, -0.25) is 14.4 Å². The van der Waals surface area contributed by atoms with Gasteiger partial charge < -0.3 is 30.1 Å². The average Bonchev–Trinajstić information content (AvgIpc) is 2.88. The number of amides is 3. The zero-order chi connectivity index (χ0) is 29.9. The number of hydrogen-bond acceptors (Lipinski definition) is 7. The van der Waals surface area contributed by atoms with Crippen molar-refractivity contribution in [1.82, 2.24) is 15.5 Å². The van der Waals surface area contributed by atoms with E-state index in [4.69, 9.17) is 4.74 Å². The topological polar surface area (TPSA) is 134 Å². The van der Waals surface area contributed by atoms with Crippen LogP contribution in [-0.4, -0.2) is 65.7 Å². The average molecular weight is 556 g/mol. The van der Waals surface area contributed by atoms with Crippen LogP contribution in [-0.2, 0) is 30.3 Å². The summed E-state index contributed by atoms with van der Waals surface area (Å²) in [6.45, 7) is 8.86. The Morgan fingerprint density at radius 3 is 2.30 bits per heavy atom. The van der Waals surface area contributed by atoms with Crippen molar-refractivity contribution < 1.29 is 33.8 Å². The summed E-state index contributed by atoms with van der Waals surface area (Å²) in [5.41, 5.74) is 1.34. The van der Waals surface area contributed by atoms with Gasteiger partial charge in [-0.1, -0.05) is 55.3 Å². The molecule has 0 spiro atoms. The van der Waals surface area contributed by atoms with Gasteiger partial charge >= 0.3 is 12.1 Å². The molecule has 10 nitrogen and oxygen atoms in total. The third-order valence-corrected chi connectivity index (χ3v) is 5.95. The van der Waals surface area contributed by atoms with Crippen LogP contribution in [0.2, 0.25) is 0 Å². The fraction of sp³-hybridized carbons (Fsp3) is 0.467. The van der Waals surface area contributed by atoms with E-state index in [1.54, 1.807) is 45.0 Å². The summed E-state index contributed by atoms with van der Waals surface area (Å²) in [6, 6.07) is 11.4. The molecule has 0 saturated heterocycles. The lowest BCUT2D eigenvalue weighted by molar-refractivity contribution is -0.144. The summed E-state index contributed by atoms with van der Waals surface area (Å²) in [4.78, 5) is 53.8. The molecule has 2 rings (SSSR count). The Bertz CT molecular complexity index is 1160. The van der Waals surface area contributed by atoms with Crippen molar-refractivity contribution >= 4 is 23.9 Å². The molecule has 40 heavy (non-hydrogen) atoms. The molecule has 0 aromatic heterocycles. The van der Waals surface area contributed by atoms with E-state index in [1.165, 1.54) is 24.1 Å². The highest BCUT2D eigenvalue weighted by Crippen LogP contribution is 2.25. The van der Waals surface area contributed by atoms with Gasteiger partial charge in [0.25, 0.3) is 0 Å². The molecule has 0 aliphatic heterocycles. The highest BCUT2D eigenvalue weighted by atomic mass is 16.6. The number of rotatable bonds is 12. The van der Waals surface area contributed by atoms with Crippen molar-refractivity contribution in [2.45, 2.75) is 71.6 Å². The summed E-state index contributed by atoms with van der Waals surface area (Å²) in [6.07, 6.45) is 0.653. The van der Waals surface area contributed by atoms with Gasteiger partial charge in [0.05, 0.1) is 7.11 Å². The van der Waals surface area contributed by atoms with Gasteiger partial charge in [0.15, 0.2) is 0 Å². The Hall–Kier alpha value is -4.08. The lowest BCUT2D eigenvalue weighted by Gasteiger charge is -2.34. The fourth-order valence-corrected chi connectivity index (χ4v) is 4.05. The molecule has 3 N–H and O–H groups in total. The van der Waals surface area contributed by atoms with Crippen LogP contribution in [0.5, 0.6) is 5.75 Å². The molecular formula is C30H41N3O7. The number of carbonyl (C=O) groups excluding carboxylic acids is 4. The third-order valence-electron chi connectivity index (χ3n) is 5.95. The number of benzene rings is 2. The molecule has 0 bridgehead atoms. The van der Waals surface area contributed by atoms with E-state index in [2.05, 4.69) is 15.4 Å². The normalized spacial score (nSPS) is 12.6. The number of hydrogen-bond donors (Lipinski definition) is 3. The van der Waals surface area contributed by atoms with Gasteiger partial charge in [0, 0.05) is 13.0 Å². The molecule has 10 heteroatoms. The van der Waals surface area contributed by atoms with Crippen LogP contribution in [0.25, 0.3) is 0 Å². The van der Waals surface area contributed by atoms with E-state index in [-0.39, 0.29) is 25.3 Å². The van der Waals surface area contributed by atoms with Gasteiger partial charge in [0.2, 0.25) is 11.8 Å². The first kappa shape index (κ1) is 32.1. The number of aromatic hydroxyl groups is 1. The molecule has 0 heterocycles. The Kier molecular flexibility index (Phi) is 12.0. The van der Waals surface area contributed by atoms with Crippen LogP contribution >= 0.6 is 0 Å². The van der Waals surface area contributed by atoms with E-state index < -0.39 is 41.6 Å². The quantitative estimate of drug-likeness (QED) is 0.339. The van der Waals surface area contributed by atoms with E-state index >= 15 is 0 Å². The van der Waals surface area contributed by atoms with Crippen LogP contribution in [0.4, 0.5) is 4.79 Å². The number of carbonyl (C=O) groups is 4. The summed E-state index contributed by atoms with van der Waals surface area (Å²) in [7, 11) is 1.22. The Labute approximate surface area is 236 Å². The summed E-state index contributed by atoms with van der Waals surface area (Å²) >= 11 is 0. The van der Waals surface area contributed by atoms with Crippen molar-refractivity contribution in [3.8, 4) is 5.75 Å². The van der Waals surface area contributed by atoms with E-state index in [0.717, 1.165) is 12.0 Å². The largest absolute Gasteiger partial charge is 0.508 e. The van der Waals surface area contributed by atoms with Crippen molar-refractivity contribution in [2.24, 2.45) is 0 Å². The van der Waals surface area contributed by atoms with Crippen molar-refractivity contribution in [3.05, 3.63) is 65.2 Å². The van der Waals surface area contributed by atoms with Crippen molar-refractivity contribution in [3.63, 3.8) is 0 Å². The number of nitrogens with one attached hydrogen (secondary N) is 2. The minimum Gasteiger partial charge on any atom is -0.508 e. The highest BCUT2D eigenvalue weighted by molar-refractivity contribution is 5.93. The molecule has 0 fully saturated rings. The van der Waals surface area contributed by atoms with Crippen molar-refractivity contribution in [1.29, 1.82) is 0 Å². The number of ether oxygens (including phenoxy) is 2. The first-order chi connectivity index (χ1) is 18.8. The molecule has 3 amide bonds.